The van der Waals surface area contributed by atoms with Crippen LogP contribution in [0.4, 0.5) is 9.59 Å². The van der Waals surface area contributed by atoms with Gasteiger partial charge in [0.2, 0.25) is 6.79 Å². The Morgan fingerprint density at radius 3 is 2.31 bits per heavy atom. The molecule has 0 aliphatic carbocycles. The predicted octanol–water partition coefficient (Wildman–Crippen LogP) is 6.48. The molecule has 2 N–H and O–H groups in total. The third-order valence-corrected chi connectivity index (χ3v) is 8.19. The summed E-state index contributed by atoms with van der Waals surface area (Å²) in [6.07, 6.45) is 1.86. The van der Waals surface area contributed by atoms with Gasteiger partial charge >= 0.3 is 18.1 Å². The quantitative estimate of drug-likeness (QED) is 0.199. The van der Waals surface area contributed by atoms with Crippen molar-refractivity contribution < 1.29 is 33.3 Å². The number of hydrogen-bond acceptors (Lipinski definition) is 9. The fourth-order valence-corrected chi connectivity index (χ4v) is 5.73. The summed E-state index contributed by atoms with van der Waals surface area (Å²) in [6.45, 7) is 3.06. The van der Waals surface area contributed by atoms with E-state index in [1.807, 2.05) is 35.0 Å². The normalized spacial score (nSPS) is 12.9. The van der Waals surface area contributed by atoms with Crippen LogP contribution in [0.5, 0.6) is 11.5 Å². The number of ether oxygens (including phenoxy) is 4. The molecule has 3 aromatic rings. The second-order valence-electron chi connectivity index (χ2n) is 9.49. The highest BCUT2D eigenvalue weighted by atomic mass is 32.1. The molecule has 0 fully saturated rings. The van der Waals surface area contributed by atoms with Crippen LogP contribution in [-0.4, -0.2) is 49.5 Å². The maximum absolute atomic E-state index is 13.2. The van der Waals surface area contributed by atoms with Crippen molar-refractivity contribution in [2.75, 3.05) is 20.5 Å². The first kappa shape index (κ1) is 32.7. The molecular formula is C30H39N3O7S2. The Bertz CT molecular complexity index is 1230. The van der Waals surface area contributed by atoms with Crippen LogP contribution in [0.15, 0.2) is 53.2 Å². The molecule has 3 amide bonds. The van der Waals surface area contributed by atoms with E-state index in [-0.39, 0.29) is 27.2 Å². The molecule has 0 saturated carbocycles. The van der Waals surface area contributed by atoms with Crippen molar-refractivity contribution in [3.63, 3.8) is 0 Å². The molecule has 10 nitrogen and oxygen atoms in total. The van der Waals surface area contributed by atoms with Crippen LogP contribution in [0.2, 0.25) is 0 Å². The van der Waals surface area contributed by atoms with E-state index in [4.69, 9.17) is 18.9 Å². The fraction of sp³-hybridized carbons (Fsp3) is 0.433. The van der Waals surface area contributed by atoms with Crippen LogP contribution in [0, 0.1) is 0 Å². The number of esters is 1. The Morgan fingerprint density at radius 1 is 1.00 bits per heavy atom. The minimum absolute atomic E-state index is 0. The first-order valence-electron chi connectivity index (χ1n) is 13.4. The number of methoxy groups -OCH3 is 1. The van der Waals surface area contributed by atoms with Gasteiger partial charge in [0.25, 0.3) is 0 Å². The van der Waals surface area contributed by atoms with Crippen molar-refractivity contribution in [3.05, 3.63) is 68.5 Å². The van der Waals surface area contributed by atoms with Gasteiger partial charge in [0.1, 0.15) is 6.61 Å². The molecular weight excluding hydrogens is 578 g/mol. The standard InChI is InChI=1S/C29H35N3O7S2.CH4/c1-3-4-7-21(18-37-29(35)32(16-22-8-5-12-40-22)17-23-9-6-13-41-23)30-28(34)31-24(15-27(33)36-2)20-10-11-25-26(14-20)39-19-38-25;/h5-6,8-14,21,24H,3-4,7,15-19H2,1-2H3,(H2,30,31,34);1H4/t21-,24-;/m0./s1. The molecule has 0 unspecified atom stereocenters. The fourth-order valence-electron chi connectivity index (χ4n) is 4.29. The number of urea groups is 1. The van der Waals surface area contributed by atoms with E-state index in [1.54, 1.807) is 45.8 Å². The molecule has 0 bridgehead atoms. The highest BCUT2D eigenvalue weighted by Gasteiger charge is 2.25. The zero-order valence-corrected chi connectivity index (χ0v) is 24.8. The minimum Gasteiger partial charge on any atom is -0.469 e. The van der Waals surface area contributed by atoms with Crippen molar-refractivity contribution in [1.82, 2.24) is 15.5 Å². The average molecular weight is 618 g/mol. The number of rotatable bonds is 14. The highest BCUT2D eigenvalue weighted by molar-refractivity contribution is 7.10. The average Bonchev–Trinajstić information content (AvgIpc) is 3.76. The van der Waals surface area contributed by atoms with Crippen molar-refractivity contribution in [1.29, 1.82) is 0 Å². The molecule has 0 saturated heterocycles. The van der Waals surface area contributed by atoms with E-state index < -0.39 is 30.2 Å². The van der Waals surface area contributed by atoms with Gasteiger partial charge in [-0.1, -0.05) is 45.4 Å². The lowest BCUT2D eigenvalue weighted by molar-refractivity contribution is -0.141. The molecule has 2 aromatic heterocycles. The minimum atomic E-state index is -0.668. The topological polar surface area (TPSA) is 115 Å². The molecule has 1 aromatic carbocycles. The van der Waals surface area contributed by atoms with Gasteiger partial charge in [0.05, 0.1) is 38.7 Å². The lowest BCUT2D eigenvalue weighted by Crippen LogP contribution is -2.46. The van der Waals surface area contributed by atoms with Crippen LogP contribution >= 0.6 is 22.7 Å². The number of unbranched alkanes of at least 4 members (excludes halogenated alkanes) is 1. The van der Waals surface area contributed by atoms with Gasteiger partial charge in [-0.15, -0.1) is 22.7 Å². The molecule has 4 rings (SSSR count). The maximum Gasteiger partial charge on any atom is 0.410 e. The van der Waals surface area contributed by atoms with Crippen LogP contribution in [0.1, 0.15) is 61.4 Å². The van der Waals surface area contributed by atoms with Gasteiger partial charge < -0.3 is 29.6 Å². The first-order chi connectivity index (χ1) is 19.9. The predicted molar refractivity (Wildman–Crippen MR) is 163 cm³/mol. The number of nitrogens with zero attached hydrogens (tertiary/aromatic N) is 1. The van der Waals surface area contributed by atoms with E-state index in [0.717, 1.165) is 22.6 Å². The van der Waals surface area contributed by atoms with E-state index in [1.165, 1.54) is 7.11 Å². The zero-order chi connectivity index (χ0) is 29.0. The largest absolute Gasteiger partial charge is 0.469 e. The lowest BCUT2D eigenvalue weighted by atomic mass is 10.0. The van der Waals surface area contributed by atoms with Gasteiger partial charge in [-0.05, 0) is 47.0 Å². The highest BCUT2D eigenvalue weighted by Crippen LogP contribution is 2.35. The van der Waals surface area contributed by atoms with Gasteiger partial charge in [-0.2, -0.15) is 0 Å². The summed E-state index contributed by atoms with van der Waals surface area (Å²) in [7, 11) is 1.30. The van der Waals surface area contributed by atoms with Crippen molar-refractivity contribution in [2.45, 2.75) is 65.2 Å². The Morgan fingerprint density at radius 2 is 1.69 bits per heavy atom. The van der Waals surface area contributed by atoms with Gasteiger partial charge in [-0.3, -0.25) is 9.69 Å². The molecule has 42 heavy (non-hydrogen) atoms. The second kappa shape index (κ2) is 16.6. The van der Waals surface area contributed by atoms with Crippen molar-refractivity contribution >= 4 is 40.8 Å². The van der Waals surface area contributed by atoms with E-state index in [2.05, 4.69) is 17.6 Å². The molecule has 228 valence electrons. The van der Waals surface area contributed by atoms with E-state index in [0.29, 0.717) is 36.6 Å². The summed E-state index contributed by atoms with van der Waals surface area (Å²) < 4.78 is 21.4. The van der Waals surface area contributed by atoms with Crippen molar-refractivity contribution in [3.8, 4) is 11.5 Å². The Kier molecular flexibility index (Phi) is 13.0. The van der Waals surface area contributed by atoms with Crippen molar-refractivity contribution in [2.24, 2.45) is 0 Å². The summed E-state index contributed by atoms with van der Waals surface area (Å²) >= 11 is 3.16. The lowest BCUT2D eigenvalue weighted by Gasteiger charge is -2.25. The molecule has 2 atom stereocenters. The van der Waals surface area contributed by atoms with Crippen LogP contribution in [0.3, 0.4) is 0 Å². The number of fused-ring (bicyclic) bond motifs is 1. The summed E-state index contributed by atoms with van der Waals surface area (Å²) in [5.74, 6) is 0.673. The first-order valence-corrected chi connectivity index (χ1v) is 15.2. The molecule has 0 spiro atoms. The summed E-state index contributed by atoms with van der Waals surface area (Å²) in [5.41, 5.74) is 0.670. The third-order valence-electron chi connectivity index (χ3n) is 6.46. The van der Waals surface area contributed by atoms with Crippen LogP contribution < -0.4 is 20.1 Å². The SMILES string of the molecule is C.CCCC[C@@H](COC(=O)N(Cc1cccs1)Cc1cccs1)NC(=O)N[C@@H](CC(=O)OC)c1ccc2c(c1)OCO2. The molecule has 3 heterocycles. The summed E-state index contributed by atoms with van der Waals surface area (Å²) in [4.78, 5) is 42.2. The van der Waals surface area contributed by atoms with Gasteiger partial charge in [0.15, 0.2) is 11.5 Å². The monoisotopic (exact) mass is 617 g/mol. The number of benzene rings is 1. The molecule has 1 aliphatic rings. The number of thiophene rings is 2. The Balaban J connectivity index is 0.00000484. The van der Waals surface area contributed by atoms with Crippen LogP contribution in [0.25, 0.3) is 0 Å². The Labute approximate surface area is 254 Å². The van der Waals surface area contributed by atoms with Crippen LogP contribution in [-0.2, 0) is 27.4 Å². The Hall–Kier alpha value is -3.77. The molecule has 12 heteroatoms. The number of carbonyl (C=O) groups excluding carboxylic acids is 3. The zero-order valence-electron chi connectivity index (χ0n) is 23.1. The molecule has 1 aliphatic heterocycles. The summed E-state index contributed by atoms with van der Waals surface area (Å²) in [6, 6.07) is 11.6. The smallest absolute Gasteiger partial charge is 0.410 e. The van der Waals surface area contributed by atoms with Gasteiger partial charge in [-0.25, -0.2) is 9.59 Å². The van der Waals surface area contributed by atoms with E-state index in [9.17, 15) is 14.4 Å². The third kappa shape index (κ3) is 9.66. The molecule has 0 radical (unpaired) electrons. The number of hydrogen-bond donors (Lipinski definition) is 2. The maximum atomic E-state index is 13.2. The second-order valence-corrected chi connectivity index (χ2v) is 11.6. The number of carbonyl (C=O) groups is 3. The summed E-state index contributed by atoms with van der Waals surface area (Å²) in [5, 5.41) is 9.76. The van der Waals surface area contributed by atoms with E-state index >= 15 is 0 Å². The number of nitrogens with one attached hydrogen (secondary N) is 2. The number of amides is 3. The van der Waals surface area contributed by atoms with Gasteiger partial charge in [0, 0.05) is 9.75 Å².